The SMILES string of the molecule is COCC(C)NC(=O)c1sccc1-c1ccccc1. The fourth-order valence-electron chi connectivity index (χ4n) is 1.91. The van der Waals surface area contributed by atoms with Crippen molar-refractivity contribution in [2.24, 2.45) is 0 Å². The predicted octanol–water partition coefficient (Wildman–Crippen LogP) is 3.18. The summed E-state index contributed by atoms with van der Waals surface area (Å²) in [6, 6.07) is 11.9. The molecule has 19 heavy (non-hydrogen) atoms. The van der Waals surface area contributed by atoms with Crippen LogP contribution in [0.3, 0.4) is 0 Å². The van der Waals surface area contributed by atoms with Crippen molar-refractivity contribution < 1.29 is 9.53 Å². The summed E-state index contributed by atoms with van der Waals surface area (Å²) in [6.07, 6.45) is 0. The molecule has 0 aliphatic rings. The van der Waals surface area contributed by atoms with Crippen LogP contribution in [0.15, 0.2) is 41.8 Å². The molecule has 0 aliphatic heterocycles. The lowest BCUT2D eigenvalue weighted by Gasteiger charge is -2.12. The second-order valence-corrected chi connectivity index (χ2v) is 5.28. The first kappa shape index (κ1) is 13.8. The molecule has 1 aromatic carbocycles. The van der Waals surface area contributed by atoms with Crippen molar-refractivity contribution >= 4 is 17.2 Å². The number of hydrogen-bond donors (Lipinski definition) is 1. The summed E-state index contributed by atoms with van der Waals surface area (Å²) in [5.74, 6) is -0.0431. The molecular formula is C15H17NO2S. The molecule has 2 rings (SSSR count). The molecule has 0 saturated carbocycles. The van der Waals surface area contributed by atoms with Crippen molar-refractivity contribution in [3.63, 3.8) is 0 Å². The minimum Gasteiger partial charge on any atom is -0.383 e. The molecule has 1 atom stereocenters. The van der Waals surface area contributed by atoms with Crippen LogP contribution < -0.4 is 5.32 Å². The van der Waals surface area contributed by atoms with Crippen molar-refractivity contribution in [3.05, 3.63) is 46.7 Å². The van der Waals surface area contributed by atoms with Gasteiger partial charge >= 0.3 is 0 Å². The molecule has 0 bridgehead atoms. The molecule has 1 amide bonds. The Bertz CT molecular complexity index is 536. The monoisotopic (exact) mass is 275 g/mol. The lowest BCUT2D eigenvalue weighted by molar-refractivity contribution is 0.0910. The van der Waals surface area contributed by atoms with Gasteiger partial charge in [-0.15, -0.1) is 11.3 Å². The quantitative estimate of drug-likeness (QED) is 0.910. The number of carbonyl (C=O) groups is 1. The van der Waals surface area contributed by atoms with Gasteiger partial charge in [0.25, 0.3) is 5.91 Å². The Morgan fingerprint density at radius 2 is 2.05 bits per heavy atom. The summed E-state index contributed by atoms with van der Waals surface area (Å²) in [5.41, 5.74) is 2.04. The molecule has 1 heterocycles. The molecule has 1 N–H and O–H groups in total. The lowest BCUT2D eigenvalue weighted by atomic mass is 10.1. The molecular weight excluding hydrogens is 258 g/mol. The van der Waals surface area contributed by atoms with Gasteiger partial charge in [-0.2, -0.15) is 0 Å². The van der Waals surface area contributed by atoms with Gasteiger partial charge in [-0.25, -0.2) is 0 Å². The fraction of sp³-hybridized carbons (Fsp3) is 0.267. The second kappa shape index (κ2) is 6.50. The number of methoxy groups -OCH3 is 1. The van der Waals surface area contributed by atoms with Crippen LogP contribution in [-0.4, -0.2) is 25.7 Å². The van der Waals surface area contributed by atoms with E-state index in [0.29, 0.717) is 6.61 Å². The van der Waals surface area contributed by atoms with Gasteiger partial charge in [-0.3, -0.25) is 4.79 Å². The first-order valence-corrected chi connectivity index (χ1v) is 7.03. The van der Waals surface area contributed by atoms with E-state index in [2.05, 4.69) is 5.32 Å². The van der Waals surface area contributed by atoms with Crippen molar-refractivity contribution in [1.29, 1.82) is 0 Å². The zero-order chi connectivity index (χ0) is 13.7. The molecule has 2 aromatic rings. The largest absolute Gasteiger partial charge is 0.383 e. The Labute approximate surface area is 117 Å². The van der Waals surface area contributed by atoms with Crippen LogP contribution >= 0.6 is 11.3 Å². The minimum absolute atomic E-state index is 0.00298. The zero-order valence-corrected chi connectivity index (χ0v) is 11.9. The van der Waals surface area contributed by atoms with Gasteiger partial charge < -0.3 is 10.1 Å². The average Bonchev–Trinajstić information content (AvgIpc) is 2.89. The Morgan fingerprint density at radius 3 is 2.74 bits per heavy atom. The second-order valence-electron chi connectivity index (χ2n) is 4.36. The maximum atomic E-state index is 12.2. The predicted molar refractivity (Wildman–Crippen MR) is 78.6 cm³/mol. The van der Waals surface area contributed by atoms with Gasteiger partial charge in [-0.1, -0.05) is 30.3 Å². The lowest BCUT2D eigenvalue weighted by Crippen LogP contribution is -2.35. The highest BCUT2D eigenvalue weighted by molar-refractivity contribution is 7.12. The van der Waals surface area contributed by atoms with E-state index in [0.717, 1.165) is 16.0 Å². The Balaban J connectivity index is 2.18. The number of rotatable bonds is 5. The van der Waals surface area contributed by atoms with E-state index in [1.165, 1.54) is 11.3 Å². The summed E-state index contributed by atoms with van der Waals surface area (Å²) < 4.78 is 5.03. The van der Waals surface area contributed by atoms with Crippen LogP contribution in [0.5, 0.6) is 0 Å². The normalized spacial score (nSPS) is 12.1. The van der Waals surface area contributed by atoms with E-state index in [-0.39, 0.29) is 11.9 Å². The molecule has 100 valence electrons. The third kappa shape index (κ3) is 3.43. The zero-order valence-electron chi connectivity index (χ0n) is 11.1. The van der Waals surface area contributed by atoms with Crippen molar-refractivity contribution in [2.45, 2.75) is 13.0 Å². The van der Waals surface area contributed by atoms with E-state index in [1.807, 2.05) is 48.7 Å². The maximum Gasteiger partial charge on any atom is 0.262 e. The highest BCUT2D eigenvalue weighted by Gasteiger charge is 2.16. The maximum absolute atomic E-state index is 12.2. The molecule has 1 aromatic heterocycles. The van der Waals surface area contributed by atoms with E-state index < -0.39 is 0 Å². The van der Waals surface area contributed by atoms with E-state index in [1.54, 1.807) is 7.11 Å². The van der Waals surface area contributed by atoms with Gasteiger partial charge in [0, 0.05) is 18.7 Å². The van der Waals surface area contributed by atoms with Gasteiger partial charge in [-0.05, 0) is 23.9 Å². The molecule has 3 nitrogen and oxygen atoms in total. The fourth-order valence-corrected chi connectivity index (χ4v) is 2.73. The van der Waals surface area contributed by atoms with Crippen LogP contribution in [0.4, 0.5) is 0 Å². The van der Waals surface area contributed by atoms with Gasteiger partial charge in [0.1, 0.15) is 0 Å². The van der Waals surface area contributed by atoms with Crippen molar-refractivity contribution in [1.82, 2.24) is 5.32 Å². The van der Waals surface area contributed by atoms with Gasteiger partial charge in [0.2, 0.25) is 0 Å². The summed E-state index contributed by atoms with van der Waals surface area (Å²) in [7, 11) is 1.63. The topological polar surface area (TPSA) is 38.3 Å². The third-order valence-electron chi connectivity index (χ3n) is 2.75. The van der Waals surface area contributed by atoms with Crippen LogP contribution in [-0.2, 0) is 4.74 Å². The summed E-state index contributed by atoms with van der Waals surface area (Å²) in [4.78, 5) is 13.0. The highest BCUT2D eigenvalue weighted by Crippen LogP contribution is 2.28. The van der Waals surface area contributed by atoms with Gasteiger partial charge in [0.15, 0.2) is 0 Å². The number of ether oxygens (including phenoxy) is 1. The number of carbonyl (C=O) groups excluding carboxylic acids is 1. The number of benzene rings is 1. The Kier molecular flexibility index (Phi) is 4.71. The summed E-state index contributed by atoms with van der Waals surface area (Å²) >= 11 is 1.46. The molecule has 4 heteroatoms. The van der Waals surface area contributed by atoms with Gasteiger partial charge in [0.05, 0.1) is 11.5 Å². The van der Waals surface area contributed by atoms with Crippen LogP contribution in [0, 0.1) is 0 Å². The van der Waals surface area contributed by atoms with Crippen molar-refractivity contribution in [2.75, 3.05) is 13.7 Å². The smallest absolute Gasteiger partial charge is 0.262 e. The third-order valence-corrected chi connectivity index (χ3v) is 3.66. The van der Waals surface area contributed by atoms with Crippen molar-refractivity contribution in [3.8, 4) is 11.1 Å². The number of thiophene rings is 1. The molecule has 0 spiro atoms. The highest BCUT2D eigenvalue weighted by atomic mass is 32.1. The molecule has 0 fully saturated rings. The summed E-state index contributed by atoms with van der Waals surface area (Å²) in [5, 5.41) is 4.88. The Morgan fingerprint density at radius 1 is 1.32 bits per heavy atom. The standard InChI is InChI=1S/C15H17NO2S/c1-11(10-18-2)16-15(17)14-13(8-9-19-14)12-6-4-3-5-7-12/h3-9,11H,10H2,1-2H3,(H,16,17). The first-order chi connectivity index (χ1) is 9.22. The van der Waals surface area contributed by atoms with E-state index >= 15 is 0 Å². The summed E-state index contributed by atoms with van der Waals surface area (Å²) in [6.45, 7) is 2.44. The average molecular weight is 275 g/mol. The minimum atomic E-state index is -0.0431. The van der Waals surface area contributed by atoms with Crippen LogP contribution in [0.1, 0.15) is 16.6 Å². The number of hydrogen-bond acceptors (Lipinski definition) is 3. The molecule has 0 radical (unpaired) electrons. The van der Waals surface area contributed by atoms with Crippen LogP contribution in [0.25, 0.3) is 11.1 Å². The van der Waals surface area contributed by atoms with E-state index in [9.17, 15) is 4.79 Å². The number of amides is 1. The molecule has 0 saturated heterocycles. The van der Waals surface area contributed by atoms with Crippen LogP contribution in [0.2, 0.25) is 0 Å². The first-order valence-electron chi connectivity index (χ1n) is 6.15. The van der Waals surface area contributed by atoms with E-state index in [4.69, 9.17) is 4.74 Å². The number of nitrogens with one attached hydrogen (secondary N) is 1. The molecule has 0 aliphatic carbocycles. The Hall–Kier alpha value is -1.65. The molecule has 1 unspecified atom stereocenters.